The van der Waals surface area contributed by atoms with Crippen LogP contribution in [-0.2, 0) is 0 Å². The van der Waals surface area contributed by atoms with Gasteiger partial charge >= 0.3 is 0 Å². The summed E-state index contributed by atoms with van der Waals surface area (Å²) in [7, 11) is 0. The quantitative estimate of drug-likeness (QED) is 0.205. The third-order valence-electron chi connectivity index (χ3n) is 3.17. The number of hydrogen-bond donors (Lipinski definition) is 2. The molecule has 0 heterocycles. The van der Waals surface area contributed by atoms with Crippen molar-refractivity contribution < 1.29 is 0 Å². The highest BCUT2D eigenvalue weighted by Crippen LogP contribution is 2.11. The number of hydrogen-bond acceptors (Lipinski definition) is 2. The molecule has 0 spiro atoms. The molecule has 0 atom stereocenters. The summed E-state index contributed by atoms with van der Waals surface area (Å²) in [6, 6.07) is 0. The van der Waals surface area contributed by atoms with Crippen molar-refractivity contribution >= 4 is 0 Å². The van der Waals surface area contributed by atoms with Gasteiger partial charge in [0, 0.05) is 6.54 Å². The van der Waals surface area contributed by atoms with Gasteiger partial charge in [0.2, 0.25) is 0 Å². The van der Waals surface area contributed by atoms with E-state index in [9.17, 15) is 0 Å². The first kappa shape index (κ1) is 21.0. The molecule has 0 radical (unpaired) electrons. The Morgan fingerprint density at radius 2 is 1.11 bits per heavy atom. The monoisotopic (exact) mass is 270 g/mol. The Labute approximate surface area is 122 Å². The molecule has 3 N–H and O–H groups in total. The molecule has 0 rings (SSSR count). The van der Waals surface area contributed by atoms with Crippen LogP contribution in [0.1, 0.15) is 90.9 Å². The van der Waals surface area contributed by atoms with Gasteiger partial charge < -0.3 is 0 Å². The lowest BCUT2D eigenvalue weighted by Crippen LogP contribution is -2.22. The number of hydrazine groups is 1. The summed E-state index contributed by atoms with van der Waals surface area (Å²) in [4.78, 5) is 0. The van der Waals surface area contributed by atoms with E-state index in [0.29, 0.717) is 0 Å². The molecule has 0 amide bonds. The maximum Gasteiger partial charge on any atom is 0.00974 e. The zero-order chi connectivity index (χ0) is 14.6. The number of rotatable bonds is 13. The SMILES string of the molecule is C=CC.CCCCCCCCCCCCCCNN. The van der Waals surface area contributed by atoms with E-state index in [4.69, 9.17) is 5.84 Å². The predicted octanol–water partition coefficient (Wildman–Crippen LogP) is 5.34. The largest absolute Gasteiger partial charge is 0.271 e. The number of nitrogens with one attached hydrogen (secondary N) is 1. The molecule has 2 heteroatoms. The first-order valence-corrected chi connectivity index (χ1v) is 8.33. The van der Waals surface area contributed by atoms with Crippen LogP contribution in [0.2, 0.25) is 0 Å². The standard InChI is InChI=1S/C14H32N2.C3H6/c1-2-3-4-5-6-7-8-9-10-11-12-13-14-16-15;1-3-2/h16H,2-15H2,1H3;3H,1H2,2H3. The molecule has 19 heavy (non-hydrogen) atoms. The van der Waals surface area contributed by atoms with Crippen molar-refractivity contribution in [2.24, 2.45) is 5.84 Å². The second-order valence-corrected chi connectivity index (χ2v) is 5.25. The summed E-state index contributed by atoms with van der Waals surface area (Å²) in [6.45, 7) is 8.50. The maximum absolute atomic E-state index is 5.21. The summed E-state index contributed by atoms with van der Waals surface area (Å²) in [6.07, 6.45) is 18.6. The highest BCUT2D eigenvalue weighted by molar-refractivity contribution is 4.51. The fraction of sp³-hybridized carbons (Fsp3) is 0.882. The summed E-state index contributed by atoms with van der Waals surface area (Å²) < 4.78 is 0. The molecule has 0 saturated carbocycles. The van der Waals surface area contributed by atoms with Gasteiger partial charge in [-0.1, -0.05) is 83.6 Å². The van der Waals surface area contributed by atoms with E-state index in [1.165, 1.54) is 77.0 Å². The Kier molecular flexibility index (Phi) is 25.2. The lowest BCUT2D eigenvalue weighted by molar-refractivity contribution is 0.538. The predicted molar refractivity (Wildman–Crippen MR) is 89.1 cm³/mol. The van der Waals surface area contributed by atoms with Crippen LogP contribution in [0.4, 0.5) is 0 Å². The molecule has 0 aliphatic rings. The van der Waals surface area contributed by atoms with Gasteiger partial charge in [0.25, 0.3) is 0 Å². The minimum absolute atomic E-state index is 0.970. The van der Waals surface area contributed by atoms with E-state index in [0.717, 1.165) is 6.54 Å². The molecule has 0 aliphatic heterocycles. The van der Waals surface area contributed by atoms with E-state index in [-0.39, 0.29) is 0 Å². The van der Waals surface area contributed by atoms with Gasteiger partial charge in [-0.25, -0.2) is 0 Å². The fourth-order valence-electron chi connectivity index (χ4n) is 2.07. The molecule has 0 aromatic carbocycles. The second-order valence-electron chi connectivity index (χ2n) is 5.25. The van der Waals surface area contributed by atoms with Crippen LogP contribution in [0, 0.1) is 0 Å². The second kappa shape index (κ2) is 22.8. The van der Waals surface area contributed by atoms with Gasteiger partial charge in [-0.05, 0) is 13.3 Å². The molecule has 116 valence electrons. The summed E-state index contributed by atoms with van der Waals surface area (Å²) in [5.74, 6) is 5.21. The van der Waals surface area contributed by atoms with E-state index in [1.807, 2.05) is 6.92 Å². The van der Waals surface area contributed by atoms with Crippen LogP contribution in [0.15, 0.2) is 12.7 Å². The van der Waals surface area contributed by atoms with Crippen LogP contribution >= 0.6 is 0 Å². The zero-order valence-corrected chi connectivity index (χ0v) is 13.6. The molecule has 0 aromatic heterocycles. The topological polar surface area (TPSA) is 38.0 Å². The number of nitrogens with two attached hydrogens (primary N) is 1. The van der Waals surface area contributed by atoms with Crippen LogP contribution in [0.5, 0.6) is 0 Å². The minimum Gasteiger partial charge on any atom is -0.271 e. The smallest absolute Gasteiger partial charge is 0.00974 e. The third kappa shape index (κ3) is 27.0. The Balaban J connectivity index is 0. The first-order chi connectivity index (χ1) is 9.33. The van der Waals surface area contributed by atoms with E-state index >= 15 is 0 Å². The molecular formula is C17H38N2. The van der Waals surface area contributed by atoms with E-state index in [1.54, 1.807) is 6.08 Å². The maximum atomic E-state index is 5.21. The van der Waals surface area contributed by atoms with Crippen molar-refractivity contribution in [2.75, 3.05) is 6.54 Å². The minimum atomic E-state index is 0.970. The van der Waals surface area contributed by atoms with Gasteiger partial charge in [0.15, 0.2) is 0 Å². The molecule has 0 fully saturated rings. The van der Waals surface area contributed by atoms with Crippen LogP contribution in [-0.4, -0.2) is 6.54 Å². The summed E-state index contributed by atoms with van der Waals surface area (Å²) >= 11 is 0. The molecule has 0 aromatic rings. The van der Waals surface area contributed by atoms with Gasteiger partial charge in [-0.2, -0.15) is 0 Å². The highest BCUT2D eigenvalue weighted by atomic mass is 15.2. The first-order valence-electron chi connectivity index (χ1n) is 8.33. The summed E-state index contributed by atoms with van der Waals surface area (Å²) in [5, 5.41) is 0. The Morgan fingerprint density at radius 1 is 0.789 bits per heavy atom. The molecule has 0 aliphatic carbocycles. The van der Waals surface area contributed by atoms with E-state index < -0.39 is 0 Å². The average Bonchev–Trinajstić information content (AvgIpc) is 2.41. The number of allylic oxidation sites excluding steroid dienone is 1. The van der Waals surface area contributed by atoms with Gasteiger partial charge in [0.1, 0.15) is 0 Å². The van der Waals surface area contributed by atoms with Crippen molar-refractivity contribution in [1.82, 2.24) is 5.43 Å². The van der Waals surface area contributed by atoms with Gasteiger partial charge in [-0.15, -0.1) is 6.58 Å². The lowest BCUT2D eigenvalue weighted by atomic mass is 10.1. The molecule has 0 unspecified atom stereocenters. The third-order valence-corrected chi connectivity index (χ3v) is 3.17. The lowest BCUT2D eigenvalue weighted by Gasteiger charge is -2.02. The highest BCUT2D eigenvalue weighted by Gasteiger charge is 1.92. The fourth-order valence-corrected chi connectivity index (χ4v) is 2.07. The van der Waals surface area contributed by atoms with Crippen molar-refractivity contribution in [3.05, 3.63) is 12.7 Å². The Bertz CT molecular complexity index is 132. The van der Waals surface area contributed by atoms with Crippen molar-refractivity contribution in [2.45, 2.75) is 90.9 Å². The van der Waals surface area contributed by atoms with Gasteiger partial charge in [0.05, 0.1) is 0 Å². The molecule has 0 bridgehead atoms. The summed E-state index contributed by atoms with van der Waals surface area (Å²) in [5.41, 5.74) is 2.70. The zero-order valence-electron chi connectivity index (χ0n) is 13.6. The molecular weight excluding hydrogens is 232 g/mol. The van der Waals surface area contributed by atoms with Crippen LogP contribution < -0.4 is 11.3 Å². The van der Waals surface area contributed by atoms with Crippen molar-refractivity contribution in [1.29, 1.82) is 0 Å². The molecule has 2 nitrogen and oxygen atoms in total. The number of unbranched alkanes of at least 4 members (excludes halogenated alkanes) is 11. The van der Waals surface area contributed by atoms with Crippen LogP contribution in [0.3, 0.4) is 0 Å². The van der Waals surface area contributed by atoms with Crippen molar-refractivity contribution in [3.63, 3.8) is 0 Å². The molecule has 0 saturated heterocycles. The van der Waals surface area contributed by atoms with Crippen LogP contribution in [0.25, 0.3) is 0 Å². The van der Waals surface area contributed by atoms with Crippen molar-refractivity contribution in [3.8, 4) is 0 Å². The Morgan fingerprint density at radius 3 is 1.42 bits per heavy atom. The Hall–Kier alpha value is -0.340. The normalized spacial score (nSPS) is 9.84. The van der Waals surface area contributed by atoms with E-state index in [2.05, 4.69) is 18.9 Å². The average molecular weight is 271 g/mol. The van der Waals surface area contributed by atoms with Gasteiger partial charge in [-0.3, -0.25) is 11.3 Å².